The molecule has 4 heteroatoms. The van der Waals surface area contributed by atoms with Crippen molar-refractivity contribution in [3.05, 3.63) is 34.5 Å². The van der Waals surface area contributed by atoms with Gasteiger partial charge in [-0.25, -0.2) is 0 Å². The predicted octanol–water partition coefficient (Wildman–Crippen LogP) is 2.94. The van der Waals surface area contributed by atoms with Crippen LogP contribution in [0, 0.1) is 0 Å². The molecule has 0 saturated heterocycles. The van der Waals surface area contributed by atoms with E-state index in [1.807, 2.05) is 16.8 Å². The maximum Gasteiger partial charge on any atom is 0.153 e. The Balaban J connectivity index is 2.63. The summed E-state index contributed by atoms with van der Waals surface area (Å²) < 4.78 is 5.18. The number of methoxy groups -OCH3 is 1. The molecule has 0 aliphatic heterocycles. The van der Waals surface area contributed by atoms with Crippen molar-refractivity contribution in [1.82, 2.24) is 0 Å². The Labute approximate surface area is 96.9 Å². The van der Waals surface area contributed by atoms with Crippen LogP contribution >= 0.6 is 11.3 Å². The van der Waals surface area contributed by atoms with Gasteiger partial charge in [-0.1, -0.05) is 0 Å². The van der Waals surface area contributed by atoms with E-state index in [1.165, 1.54) is 13.2 Å². The van der Waals surface area contributed by atoms with E-state index < -0.39 is 0 Å². The number of rotatable bonds is 3. The second kappa shape index (κ2) is 4.37. The number of aromatic hydroxyl groups is 1. The quantitative estimate of drug-likeness (QED) is 0.830. The number of ether oxygens (including phenoxy) is 1. The first-order chi connectivity index (χ1) is 7.76. The number of hydrogen-bond acceptors (Lipinski definition) is 4. The Morgan fingerprint density at radius 1 is 1.44 bits per heavy atom. The molecule has 0 bridgehead atoms. The van der Waals surface area contributed by atoms with E-state index in [9.17, 15) is 9.90 Å². The lowest BCUT2D eigenvalue weighted by atomic mass is 10.0. The van der Waals surface area contributed by atoms with Crippen molar-refractivity contribution in [2.24, 2.45) is 0 Å². The number of benzene rings is 1. The maximum atomic E-state index is 10.8. The monoisotopic (exact) mass is 234 g/mol. The lowest BCUT2D eigenvalue weighted by Gasteiger charge is -2.09. The summed E-state index contributed by atoms with van der Waals surface area (Å²) in [6.45, 7) is 0. The Kier molecular flexibility index (Phi) is 2.92. The standard InChI is InChI=1S/C12H10O3S/c1-15-12-5-11(14)9(6-13)4-10(12)8-2-3-16-7-8/h2-7,14H,1H3. The molecule has 0 aliphatic carbocycles. The fourth-order valence-electron chi connectivity index (χ4n) is 1.49. The molecule has 0 radical (unpaired) electrons. The molecule has 1 aromatic carbocycles. The van der Waals surface area contributed by atoms with Crippen molar-refractivity contribution < 1.29 is 14.6 Å². The van der Waals surface area contributed by atoms with Crippen molar-refractivity contribution >= 4 is 17.6 Å². The normalized spacial score (nSPS) is 10.1. The number of hydrogen-bond donors (Lipinski definition) is 1. The Morgan fingerprint density at radius 3 is 2.81 bits per heavy atom. The van der Waals surface area contributed by atoms with Gasteiger partial charge in [-0.3, -0.25) is 4.79 Å². The molecule has 0 fully saturated rings. The lowest BCUT2D eigenvalue weighted by Crippen LogP contribution is -1.90. The Bertz CT molecular complexity index is 503. The SMILES string of the molecule is COc1cc(O)c(C=O)cc1-c1ccsc1. The van der Waals surface area contributed by atoms with Crippen LogP contribution in [0.3, 0.4) is 0 Å². The van der Waals surface area contributed by atoms with Crippen LogP contribution < -0.4 is 4.74 Å². The molecule has 0 saturated carbocycles. The zero-order chi connectivity index (χ0) is 11.5. The molecule has 2 rings (SSSR count). The fraction of sp³-hybridized carbons (Fsp3) is 0.0833. The predicted molar refractivity (Wildman–Crippen MR) is 63.4 cm³/mol. The molecule has 0 atom stereocenters. The van der Waals surface area contributed by atoms with Gasteiger partial charge in [-0.15, -0.1) is 0 Å². The van der Waals surface area contributed by atoms with Crippen LogP contribution in [0.4, 0.5) is 0 Å². The smallest absolute Gasteiger partial charge is 0.153 e. The minimum Gasteiger partial charge on any atom is -0.507 e. The molecule has 0 unspecified atom stereocenters. The number of carbonyl (C=O) groups excluding carboxylic acids is 1. The average Bonchev–Trinajstić information content (AvgIpc) is 2.82. The summed E-state index contributed by atoms with van der Waals surface area (Å²) >= 11 is 1.56. The molecule has 1 aromatic heterocycles. The highest BCUT2D eigenvalue weighted by Gasteiger charge is 2.11. The van der Waals surface area contributed by atoms with Crippen molar-refractivity contribution in [2.45, 2.75) is 0 Å². The first kappa shape index (κ1) is 10.7. The van der Waals surface area contributed by atoms with Crippen molar-refractivity contribution in [3.8, 4) is 22.6 Å². The van der Waals surface area contributed by atoms with Gasteiger partial charge in [0.1, 0.15) is 11.5 Å². The minimum absolute atomic E-state index is 0.0640. The molecular formula is C12H10O3S. The third kappa shape index (κ3) is 1.79. The van der Waals surface area contributed by atoms with Gasteiger partial charge in [0.15, 0.2) is 6.29 Å². The van der Waals surface area contributed by atoms with Gasteiger partial charge in [0.05, 0.1) is 12.7 Å². The molecular weight excluding hydrogens is 224 g/mol. The van der Waals surface area contributed by atoms with Gasteiger partial charge in [0, 0.05) is 11.6 Å². The van der Waals surface area contributed by atoms with E-state index in [-0.39, 0.29) is 11.3 Å². The van der Waals surface area contributed by atoms with Crippen LogP contribution in [0.1, 0.15) is 10.4 Å². The molecule has 3 nitrogen and oxygen atoms in total. The number of aldehydes is 1. The highest BCUT2D eigenvalue weighted by Crippen LogP contribution is 2.35. The highest BCUT2D eigenvalue weighted by atomic mass is 32.1. The topological polar surface area (TPSA) is 46.5 Å². The molecule has 0 amide bonds. The van der Waals surface area contributed by atoms with Gasteiger partial charge in [-0.2, -0.15) is 11.3 Å². The second-order valence-corrected chi connectivity index (χ2v) is 4.02. The van der Waals surface area contributed by atoms with E-state index in [0.717, 1.165) is 11.1 Å². The lowest BCUT2D eigenvalue weighted by molar-refractivity contribution is 0.112. The third-order valence-electron chi connectivity index (χ3n) is 2.31. The molecule has 2 aromatic rings. The van der Waals surface area contributed by atoms with Gasteiger partial charge in [0.2, 0.25) is 0 Å². The van der Waals surface area contributed by atoms with Gasteiger partial charge >= 0.3 is 0 Å². The molecule has 0 aliphatic rings. The number of carbonyl (C=O) groups is 1. The number of phenolic OH excluding ortho intramolecular Hbond substituents is 1. The van der Waals surface area contributed by atoms with Crippen molar-refractivity contribution in [3.63, 3.8) is 0 Å². The molecule has 1 heterocycles. The Hall–Kier alpha value is -1.81. The van der Waals surface area contributed by atoms with Gasteiger partial charge < -0.3 is 9.84 Å². The first-order valence-electron chi connectivity index (χ1n) is 4.65. The molecule has 16 heavy (non-hydrogen) atoms. The van der Waals surface area contributed by atoms with Gasteiger partial charge in [-0.05, 0) is 28.5 Å². The summed E-state index contributed by atoms with van der Waals surface area (Å²) in [5.41, 5.74) is 2.05. The maximum absolute atomic E-state index is 10.8. The van der Waals surface area contributed by atoms with Gasteiger partial charge in [0.25, 0.3) is 0 Å². The van der Waals surface area contributed by atoms with E-state index in [1.54, 1.807) is 17.4 Å². The van der Waals surface area contributed by atoms with Crippen molar-refractivity contribution in [1.29, 1.82) is 0 Å². The molecule has 82 valence electrons. The van der Waals surface area contributed by atoms with Crippen LogP contribution in [0.2, 0.25) is 0 Å². The summed E-state index contributed by atoms with van der Waals surface area (Å²) in [4.78, 5) is 10.8. The largest absolute Gasteiger partial charge is 0.507 e. The van der Waals surface area contributed by atoms with Crippen LogP contribution in [0.5, 0.6) is 11.5 Å². The zero-order valence-corrected chi connectivity index (χ0v) is 9.45. The van der Waals surface area contributed by atoms with Crippen LogP contribution in [-0.2, 0) is 0 Å². The number of thiophene rings is 1. The zero-order valence-electron chi connectivity index (χ0n) is 8.64. The third-order valence-corrected chi connectivity index (χ3v) is 2.99. The summed E-state index contributed by atoms with van der Waals surface area (Å²) in [7, 11) is 1.53. The number of phenols is 1. The molecule has 1 N–H and O–H groups in total. The van der Waals surface area contributed by atoms with Crippen LogP contribution in [-0.4, -0.2) is 18.5 Å². The fourth-order valence-corrected chi connectivity index (χ4v) is 2.15. The van der Waals surface area contributed by atoms with Crippen LogP contribution in [0.15, 0.2) is 29.0 Å². The summed E-state index contributed by atoms with van der Waals surface area (Å²) in [6, 6.07) is 5.02. The van der Waals surface area contributed by atoms with E-state index in [4.69, 9.17) is 4.74 Å². The minimum atomic E-state index is -0.0640. The second-order valence-electron chi connectivity index (χ2n) is 3.24. The van der Waals surface area contributed by atoms with Crippen molar-refractivity contribution in [2.75, 3.05) is 7.11 Å². The van der Waals surface area contributed by atoms with Crippen LogP contribution in [0.25, 0.3) is 11.1 Å². The molecule has 0 spiro atoms. The van der Waals surface area contributed by atoms with E-state index >= 15 is 0 Å². The van der Waals surface area contributed by atoms with E-state index in [0.29, 0.717) is 12.0 Å². The summed E-state index contributed by atoms with van der Waals surface area (Å²) in [5.74, 6) is 0.493. The Morgan fingerprint density at radius 2 is 2.25 bits per heavy atom. The van der Waals surface area contributed by atoms with E-state index in [2.05, 4.69) is 0 Å². The summed E-state index contributed by atoms with van der Waals surface area (Å²) in [5, 5.41) is 13.4. The average molecular weight is 234 g/mol. The first-order valence-corrected chi connectivity index (χ1v) is 5.59. The highest BCUT2D eigenvalue weighted by molar-refractivity contribution is 7.08. The summed E-state index contributed by atoms with van der Waals surface area (Å²) in [6.07, 6.45) is 0.630.